The van der Waals surface area contributed by atoms with Gasteiger partial charge in [-0.3, -0.25) is 4.90 Å². The summed E-state index contributed by atoms with van der Waals surface area (Å²) in [5.74, 6) is 0.885. The summed E-state index contributed by atoms with van der Waals surface area (Å²) in [5, 5.41) is 0. The molecule has 2 fully saturated rings. The van der Waals surface area contributed by atoms with E-state index in [1.165, 1.54) is 24.1 Å². The Kier molecular flexibility index (Phi) is 3.76. The number of piperazine rings is 1. The van der Waals surface area contributed by atoms with Gasteiger partial charge in [0.1, 0.15) is 0 Å². The van der Waals surface area contributed by atoms with Crippen molar-refractivity contribution >= 4 is 5.69 Å². The number of nitrogens with two attached hydrogens (primary N) is 1. The highest BCUT2D eigenvalue weighted by Gasteiger charge is 2.35. The maximum atomic E-state index is 5.95. The summed E-state index contributed by atoms with van der Waals surface area (Å²) < 4.78 is 0. The molecule has 0 radical (unpaired) electrons. The minimum atomic E-state index is 0.639. The predicted octanol–water partition coefficient (Wildman–Crippen LogP) is 1.85. The van der Waals surface area contributed by atoms with Gasteiger partial charge in [-0.15, -0.1) is 0 Å². The van der Waals surface area contributed by atoms with E-state index in [4.69, 9.17) is 5.73 Å². The SMILES string of the molecule is Cc1cccc(N2CCN(C(CN)C3CC3)CC2)c1. The monoisotopic (exact) mass is 259 g/mol. The summed E-state index contributed by atoms with van der Waals surface area (Å²) in [7, 11) is 0. The van der Waals surface area contributed by atoms with Crippen molar-refractivity contribution in [3.8, 4) is 0 Å². The van der Waals surface area contributed by atoms with Crippen LogP contribution >= 0.6 is 0 Å². The molecule has 1 aliphatic carbocycles. The number of nitrogens with zero attached hydrogens (tertiary/aromatic N) is 2. The van der Waals surface area contributed by atoms with Gasteiger partial charge in [-0.05, 0) is 43.4 Å². The summed E-state index contributed by atoms with van der Waals surface area (Å²) >= 11 is 0. The number of hydrogen-bond acceptors (Lipinski definition) is 3. The largest absolute Gasteiger partial charge is 0.369 e. The molecular weight excluding hydrogens is 234 g/mol. The molecule has 1 heterocycles. The van der Waals surface area contributed by atoms with Gasteiger partial charge in [0, 0.05) is 44.5 Å². The topological polar surface area (TPSA) is 32.5 Å². The minimum absolute atomic E-state index is 0.639. The van der Waals surface area contributed by atoms with Crippen molar-refractivity contribution in [1.82, 2.24) is 4.90 Å². The third kappa shape index (κ3) is 2.93. The van der Waals surface area contributed by atoms with Crippen LogP contribution in [-0.2, 0) is 0 Å². The lowest BCUT2D eigenvalue weighted by molar-refractivity contribution is 0.171. The van der Waals surface area contributed by atoms with E-state index in [1.54, 1.807) is 0 Å². The first kappa shape index (κ1) is 12.9. The van der Waals surface area contributed by atoms with Crippen LogP contribution < -0.4 is 10.6 Å². The highest BCUT2D eigenvalue weighted by molar-refractivity contribution is 5.48. The zero-order valence-corrected chi connectivity index (χ0v) is 11.9. The Balaban J connectivity index is 1.59. The van der Waals surface area contributed by atoms with Crippen LogP contribution in [0.5, 0.6) is 0 Å². The van der Waals surface area contributed by atoms with Gasteiger partial charge < -0.3 is 10.6 Å². The Hall–Kier alpha value is -1.06. The molecule has 0 spiro atoms. The van der Waals surface area contributed by atoms with Crippen LogP contribution in [0.2, 0.25) is 0 Å². The highest BCUT2D eigenvalue weighted by Crippen LogP contribution is 2.35. The molecule has 0 amide bonds. The van der Waals surface area contributed by atoms with Gasteiger partial charge >= 0.3 is 0 Å². The van der Waals surface area contributed by atoms with Crippen LogP contribution in [0.1, 0.15) is 18.4 Å². The molecule has 19 heavy (non-hydrogen) atoms. The number of rotatable bonds is 4. The fourth-order valence-corrected chi connectivity index (χ4v) is 3.26. The second kappa shape index (κ2) is 5.51. The zero-order chi connectivity index (χ0) is 13.2. The summed E-state index contributed by atoms with van der Waals surface area (Å²) in [6, 6.07) is 9.47. The van der Waals surface area contributed by atoms with Crippen molar-refractivity contribution in [3.63, 3.8) is 0 Å². The maximum absolute atomic E-state index is 5.95. The average Bonchev–Trinajstić information content (AvgIpc) is 3.25. The molecule has 1 aliphatic heterocycles. The molecule has 0 aromatic heterocycles. The number of aryl methyl sites for hydroxylation is 1. The molecule has 1 aromatic carbocycles. The molecule has 1 saturated heterocycles. The molecule has 3 rings (SSSR count). The number of anilines is 1. The summed E-state index contributed by atoms with van der Waals surface area (Å²) in [6.45, 7) is 7.57. The Morgan fingerprint density at radius 2 is 1.95 bits per heavy atom. The smallest absolute Gasteiger partial charge is 0.0369 e. The Morgan fingerprint density at radius 1 is 1.21 bits per heavy atom. The minimum Gasteiger partial charge on any atom is -0.369 e. The molecule has 2 aliphatic rings. The van der Waals surface area contributed by atoms with E-state index in [1.807, 2.05) is 0 Å². The second-order valence-corrected chi connectivity index (χ2v) is 6.00. The van der Waals surface area contributed by atoms with Crippen LogP contribution in [0.4, 0.5) is 5.69 Å². The van der Waals surface area contributed by atoms with Crippen molar-refractivity contribution in [2.75, 3.05) is 37.6 Å². The Morgan fingerprint density at radius 3 is 2.53 bits per heavy atom. The molecule has 1 unspecified atom stereocenters. The zero-order valence-electron chi connectivity index (χ0n) is 11.9. The van der Waals surface area contributed by atoms with Crippen molar-refractivity contribution < 1.29 is 0 Å². The van der Waals surface area contributed by atoms with Crippen molar-refractivity contribution in [2.24, 2.45) is 11.7 Å². The fourth-order valence-electron chi connectivity index (χ4n) is 3.26. The quantitative estimate of drug-likeness (QED) is 0.896. The van der Waals surface area contributed by atoms with Crippen molar-refractivity contribution in [3.05, 3.63) is 29.8 Å². The van der Waals surface area contributed by atoms with Crippen LogP contribution in [0, 0.1) is 12.8 Å². The molecule has 1 atom stereocenters. The van der Waals surface area contributed by atoms with Crippen LogP contribution in [0.15, 0.2) is 24.3 Å². The average molecular weight is 259 g/mol. The Labute approximate surface area is 116 Å². The lowest BCUT2D eigenvalue weighted by Crippen LogP contribution is -2.53. The first-order chi connectivity index (χ1) is 9.28. The fraction of sp³-hybridized carbons (Fsp3) is 0.625. The van der Waals surface area contributed by atoms with E-state index < -0.39 is 0 Å². The van der Waals surface area contributed by atoms with Crippen molar-refractivity contribution in [2.45, 2.75) is 25.8 Å². The molecule has 1 saturated carbocycles. The summed E-state index contributed by atoms with van der Waals surface area (Å²) in [6.07, 6.45) is 2.78. The molecule has 3 nitrogen and oxygen atoms in total. The second-order valence-electron chi connectivity index (χ2n) is 6.00. The van der Waals surface area contributed by atoms with Crippen LogP contribution in [-0.4, -0.2) is 43.7 Å². The highest BCUT2D eigenvalue weighted by atomic mass is 15.3. The van der Waals surface area contributed by atoms with Gasteiger partial charge in [0.05, 0.1) is 0 Å². The first-order valence-electron chi connectivity index (χ1n) is 7.53. The lowest BCUT2D eigenvalue weighted by Gasteiger charge is -2.40. The molecule has 0 bridgehead atoms. The predicted molar refractivity (Wildman–Crippen MR) is 80.5 cm³/mol. The lowest BCUT2D eigenvalue weighted by atomic mass is 10.1. The number of hydrogen-bond donors (Lipinski definition) is 1. The molecule has 3 heteroatoms. The molecule has 2 N–H and O–H groups in total. The van der Waals surface area contributed by atoms with Gasteiger partial charge in [0.15, 0.2) is 0 Å². The third-order valence-corrected chi connectivity index (χ3v) is 4.56. The van der Waals surface area contributed by atoms with E-state index in [9.17, 15) is 0 Å². The van der Waals surface area contributed by atoms with E-state index in [-0.39, 0.29) is 0 Å². The van der Waals surface area contributed by atoms with Crippen molar-refractivity contribution in [1.29, 1.82) is 0 Å². The summed E-state index contributed by atoms with van der Waals surface area (Å²) in [5.41, 5.74) is 8.67. The normalized spacial score (nSPS) is 22.5. The molecular formula is C16H25N3. The third-order valence-electron chi connectivity index (χ3n) is 4.56. The van der Waals surface area contributed by atoms with Gasteiger partial charge in [-0.25, -0.2) is 0 Å². The molecule has 104 valence electrons. The first-order valence-corrected chi connectivity index (χ1v) is 7.53. The molecule has 1 aromatic rings. The van der Waals surface area contributed by atoms with Crippen LogP contribution in [0.25, 0.3) is 0 Å². The summed E-state index contributed by atoms with van der Waals surface area (Å²) in [4.78, 5) is 5.12. The van der Waals surface area contributed by atoms with Crippen LogP contribution in [0.3, 0.4) is 0 Å². The van der Waals surface area contributed by atoms with E-state index in [2.05, 4.69) is 41.0 Å². The van der Waals surface area contributed by atoms with Gasteiger partial charge in [0.25, 0.3) is 0 Å². The standard InChI is InChI=1S/C16H25N3/c1-13-3-2-4-15(11-13)18-7-9-19(10-8-18)16(12-17)14-5-6-14/h2-4,11,14,16H,5-10,12,17H2,1H3. The van der Waals surface area contributed by atoms with Gasteiger partial charge in [-0.1, -0.05) is 12.1 Å². The van der Waals surface area contributed by atoms with Gasteiger partial charge in [-0.2, -0.15) is 0 Å². The van der Waals surface area contributed by atoms with E-state index in [0.29, 0.717) is 6.04 Å². The van der Waals surface area contributed by atoms with Gasteiger partial charge in [0.2, 0.25) is 0 Å². The van der Waals surface area contributed by atoms with E-state index in [0.717, 1.165) is 38.6 Å². The number of benzene rings is 1. The Bertz CT molecular complexity index is 420. The maximum Gasteiger partial charge on any atom is 0.0369 e. The van der Waals surface area contributed by atoms with E-state index >= 15 is 0 Å².